The zero-order chi connectivity index (χ0) is 19.8. The Bertz CT molecular complexity index is 996. The molecule has 2 aromatic carbocycles. The number of benzene rings is 2. The summed E-state index contributed by atoms with van der Waals surface area (Å²) in [5.74, 6) is -0.152. The summed E-state index contributed by atoms with van der Waals surface area (Å²) in [6, 6.07) is 10.6. The first-order valence-electron chi connectivity index (χ1n) is 8.20. The molecule has 142 valence electrons. The molecule has 0 saturated heterocycles. The molecule has 1 aromatic heterocycles. The summed E-state index contributed by atoms with van der Waals surface area (Å²) >= 11 is 0.720. The van der Waals surface area contributed by atoms with E-state index in [1.807, 2.05) is 26.0 Å². The second-order valence-electron chi connectivity index (χ2n) is 6.22. The number of anilines is 1. The summed E-state index contributed by atoms with van der Waals surface area (Å²) in [6.45, 7) is 5.26. The fourth-order valence-electron chi connectivity index (χ4n) is 2.67. The number of nitrogens with one attached hydrogen (secondary N) is 1. The number of hydrogen-bond donors (Lipinski definition) is 1. The molecule has 0 aliphatic carbocycles. The summed E-state index contributed by atoms with van der Waals surface area (Å²) in [4.78, 5) is 15.5. The minimum atomic E-state index is -4.68. The van der Waals surface area contributed by atoms with Crippen molar-refractivity contribution in [3.8, 4) is 5.75 Å². The first-order chi connectivity index (χ1) is 12.6. The van der Waals surface area contributed by atoms with E-state index in [2.05, 4.69) is 10.3 Å². The molecule has 0 fully saturated rings. The highest BCUT2D eigenvalue weighted by Gasteiger charge is 2.39. The Hall–Kier alpha value is -2.61. The van der Waals surface area contributed by atoms with Crippen LogP contribution in [-0.4, -0.2) is 17.0 Å². The van der Waals surface area contributed by atoms with Crippen molar-refractivity contribution < 1.29 is 22.7 Å². The van der Waals surface area contributed by atoms with Gasteiger partial charge in [0, 0.05) is 11.1 Å². The molecule has 8 heteroatoms. The van der Waals surface area contributed by atoms with E-state index >= 15 is 0 Å². The maximum Gasteiger partial charge on any atom is 0.435 e. The van der Waals surface area contributed by atoms with Crippen molar-refractivity contribution in [2.24, 2.45) is 0 Å². The Labute approximate surface area is 158 Å². The van der Waals surface area contributed by atoms with Gasteiger partial charge in [-0.3, -0.25) is 4.79 Å². The highest BCUT2D eigenvalue weighted by molar-refractivity contribution is 7.13. The van der Waals surface area contributed by atoms with E-state index in [1.165, 1.54) is 6.92 Å². The number of aryl methyl sites for hydroxylation is 1. The van der Waals surface area contributed by atoms with Gasteiger partial charge >= 0.3 is 6.18 Å². The lowest BCUT2D eigenvalue weighted by atomic mass is 10.1. The van der Waals surface area contributed by atoms with Gasteiger partial charge in [-0.2, -0.15) is 13.2 Å². The van der Waals surface area contributed by atoms with Crippen LogP contribution >= 0.6 is 11.3 Å². The van der Waals surface area contributed by atoms with E-state index in [4.69, 9.17) is 4.74 Å². The van der Waals surface area contributed by atoms with Crippen LogP contribution in [0.5, 0.6) is 5.75 Å². The highest BCUT2D eigenvalue weighted by atomic mass is 32.1. The number of amides is 1. The lowest BCUT2D eigenvalue weighted by Crippen LogP contribution is -2.17. The Morgan fingerprint density at radius 3 is 2.63 bits per heavy atom. The summed E-state index contributed by atoms with van der Waals surface area (Å²) < 4.78 is 45.0. The van der Waals surface area contributed by atoms with Gasteiger partial charge < -0.3 is 10.1 Å². The molecule has 3 aromatic rings. The van der Waals surface area contributed by atoms with Gasteiger partial charge in [0.15, 0.2) is 5.69 Å². The van der Waals surface area contributed by atoms with E-state index < -0.39 is 22.7 Å². The van der Waals surface area contributed by atoms with Gasteiger partial charge in [-0.15, -0.1) is 11.3 Å². The molecule has 27 heavy (non-hydrogen) atoms. The smallest absolute Gasteiger partial charge is 0.435 e. The van der Waals surface area contributed by atoms with Crippen LogP contribution in [0.1, 0.15) is 34.2 Å². The average Bonchev–Trinajstić information content (AvgIpc) is 2.97. The van der Waals surface area contributed by atoms with Crippen molar-refractivity contribution in [1.29, 1.82) is 0 Å². The fourth-order valence-corrected chi connectivity index (χ4v) is 3.50. The number of fused-ring (bicyclic) bond motifs is 1. The van der Waals surface area contributed by atoms with Crippen LogP contribution in [0.2, 0.25) is 0 Å². The van der Waals surface area contributed by atoms with Crippen molar-refractivity contribution in [1.82, 2.24) is 4.98 Å². The predicted octanol–water partition coefficient (Wildman–Crippen LogP) is 5.66. The molecule has 3 rings (SSSR count). The van der Waals surface area contributed by atoms with Gasteiger partial charge in [0.05, 0.1) is 11.1 Å². The van der Waals surface area contributed by atoms with Crippen LogP contribution in [0.3, 0.4) is 0 Å². The number of ether oxygens (including phenoxy) is 1. The second-order valence-corrected chi connectivity index (χ2v) is 7.42. The standard InChI is InChI=1S/C19H17F3N2O2S/c1-10(2)26-13-7-8-14-12(9-13)5-4-6-15(14)24-18(25)16-17(19(20,21)22)23-11(3)27-16/h4-10H,1-3H3,(H,24,25). The predicted molar refractivity (Wildman–Crippen MR) is 99.5 cm³/mol. The number of alkyl halides is 3. The number of thiazole rings is 1. The van der Waals surface area contributed by atoms with Gasteiger partial charge in [0.25, 0.3) is 5.91 Å². The first-order valence-corrected chi connectivity index (χ1v) is 9.02. The van der Waals surface area contributed by atoms with Crippen molar-refractivity contribution >= 4 is 33.7 Å². The number of halogens is 3. The molecule has 1 amide bonds. The third-order valence-electron chi connectivity index (χ3n) is 3.68. The van der Waals surface area contributed by atoms with E-state index in [0.29, 0.717) is 16.8 Å². The normalized spacial score (nSPS) is 11.8. The molecule has 1 N–H and O–H groups in total. The average molecular weight is 394 g/mol. The summed E-state index contributed by atoms with van der Waals surface area (Å²) in [6.07, 6.45) is -4.67. The van der Waals surface area contributed by atoms with Crippen LogP contribution < -0.4 is 10.1 Å². The fraction of sp³-hybridized carbons (Fsp3) is 0.263. The maximum atomic E-state index is 13.1. The van der Waals surface area contributed by atoms with Crippen molar-refractivity contribution in [3.05, 3.63) is 52.0 Å². The van der Waals surface area contributed by atoms with E-state index in [1.54, 1.807) is 24.3 Å². The van der Waals surface area contributed by atoms with Gasteiger partial charge in [0.1, 0.15) is 10.6 Å². The van der Waals surface area contributed by atoms with Gasteiger partial charge in [0.2, 0.25) is 0 Å². The topological polar surface area (TPSA) is 51.2 Å². The van der Waals surface area contributed by atoms with Crippen molar-refractivity contribution in [2.75, 3.05) is 5.32 Å². The number of nitrogens with zero attached hydrogens (tertiary/aromatic N) is 1. The lowest BCUT2D eigenvalue weighted by molar-refractivity contribution is -0.141. The third kappa shape index (κ3) is 4.21. The van der Waals surface area contributed by atoms with Gasteiger partial charge in [-0.25, -0.2) is 4.98 Å². The minimum Gasteiger partial charge on any atom is -0.491 e. The number of carbonyl (C=O) groups excluding carboxylic acids is 1. The second kappa shape index (κ2) is 7.19. The zero-order valence-electron chi connectivity index (χ0n) is 14.8. The van der Waals surface area contributed by atoms with Crippen LogP contribution in [0.25, 0.3) is 10.8 Å². The molecule has 0 radical (unpaired) electrons. The van der Waals surface area contributed by atoms with Crippen molar-refractivity contribution in [3.63, 3.8) is 0 Å². The minimum absolute atomic E-state index is 0.0145. The van der Waals surface area contributed by atoms with Gasteiger partial charge in [-0.05, 0) is 50.4 Å². The molecule has 0 atom stereocenters. The molecule has 0 aliphatic rings. The molecule has 0 spiro atoms. The van der Waals surface area contributed by atoms with Crippen LogP contribution in [0, 0.1) is 6.92 Å². The largest absolute Gasteiger partial charge is 0.491 e. The Morgan fingerprint density at radius 1 is 1.22 bits per heavy atom. The number of hydrogen-bond acceptors (Lipinski definition) is 4. The SMILES string of the molecule is Cc1nc(C(F)(F)F)c(C(=O)Nc2cccc3cc(OC(C)C)ccc23)s1. The molecule has 0 unspecified atom stereocenters. The highest BCUT2D eigenvalue weighted by Crippen LogP contribution is 2.35. The van der Waals surface area contributed by atoms with E-state index in [9.17, 15) is 18.0 Å². The third-order valence-corrected chi connectivity index (χ3v) is 4.65. The van der Waals surface area contributed by atoms with Crippen molar-refractivity contribution in [2.45, 2.75) is 33.1 Å². The maximum absolute atomic E-state index is 13.1. The quantitative estimate of drug-likeness (QED) is 0.621. The number of aromatic nitrogens is 1. The molecular formula is C19H17F3N2O2S. The summed E-state index contributed by atoms with van der Waals surface area (Å²) in [5.41, 5.74) is -0.733. The molecule has 4 nitrogen and oxygen atoms in total. The Balaban J connectivity index is 1.94. The Morgan fingerprint density at radius 2 is 1.96 bits per heavy atom. The van der Waals surface area contributed by atoms with Crippen LogP contribution in [0.15, 0.2) is 36.4 Å². The number of rotatable bonds is 4. The lowest BCUT2D eigenvalue weighted by Gasteiger charge is -2.13. The molecule has 0 saturated carbocycles. The molecule has 0 aliphatic heterocycles. The molecule has 0 bridgehead atoms. The molecule has 1 heterocycles. The summed E-state index contributed by atoms with van der Waals surface area (Å²) in [5, 5.41) is 4.27. The number of carbonyl (C=O) groups is 1. The Kier molecular flexibility index (Phi) is 5.10. The summed E-state index contributed by atoms with van der Waals surface area (Å²) in [7, 11) is 0. The first kappa shape index (κ1) is 19.2. The van der Waals surface area contributed by atoms with E-state index in [0.717, 1.165) is 16.7 Å². The van der Waals surface area contributed by atoms with Crippen LogP contribution in [0.4, 0.5) is 18.9 Å². The van der Waals surface area contributed by atoms with Gasteiger partial charge in [-0.1, -0.05) is 12.1 Å². The zero-order valence-corrected chi connectivity index (χ0v) is 15.7. The van der Waals surface area contributed by atoms with E-state index in [-0.39, 0.29) is 11.1 Å². The monoisotopic (exact) mass is 394 g/mol. The molecular weight excluding hydrogens is 377 g/mol. The van der Waals surface area contributed by atoms with Crippen LogP contribution in [-0.2, 0) is 6.18 Å².